The molecule has 0 bridgehead atoms. The molecule has 0 spiro atoms. The fourth-order valence-corrected chi connectivity index (χ4v) is 2.92. The Morgan fingerprint density at radius 1 is 1.45 bits per heavy atom. The van der Waals surface area contributed by atoms with E-state index in [1.807, 2.05) is 25.1 Å². The molecule has 1 amide bonds. The van der Waals surface area contributed by atoms with Crippen LogP contribution in [-0.2, 0) is 4.79 Å². The highest BCUT2D eigenvalue weighted by Crippen LogP contribution is 2.29. The molecule has 20 heavy (non-hydrogen) atoms. The Kier molecular flexibility index (Phi) is 5.61. The van der Waals surface area contributed by atoms with Crippen LogP contribution in [0.2, 0.25) is 0 Å². The van der Waals surface area contributed by atoms with E-state index < -0.39 is 0 Å². The monoisotopic (exact) mass is 338 g/mol. The molecule has 1 aliphatic carbocycles. The van der Waals surface area contributed by atoms with Crippen molar-refractivity contribution in [2.75, 3.05) is 25.0 Å². The quantitative estimate of drug-likeness (QED) is 0.819. The average molecular weight is 339 g/mol. The molecular weight excluding hydrogens is 316 g/mol. The number of amides is 1. The van der Waals surface area contributed by atoms with Crippen LogP contribution in [0.5, 0.6) is 0 Å². The van der Waals surface area contributed by atoms with E-state index in [9.17, 15) is 4.79 Å². The van der Waals surface area contributed by atoms with Crippen molar-refractivity contribution in [3.8, 4) is 0 Å². The Hall–Kier alpha value is -0.870. The first-order valence-electron chi connectivity index (χ1n) is 7.37. The molecule has 0 aromatic heterocycles. The molecule has 2 rings (SSSR count). The van der Waals surface area contributed by atoms with Crippen molar-refractivity contribution in [3.05, 3.63) is 28.2 Å². The summed E-state index contributed by atoms with van der Waals surface area (Å²) < 4.78 is 0.940. The second kappa shape index (κ2) is 7.23. The van der Waals surface area contributed by atoms with Crippen molar-refractivity contribution in [3.63, 3.8) is 0 Å². The lowest BCUT2D eigenvalue weighted by Crippen LogP contribution is -2.35. The summed E-state index contributed by atoms with van der Waals surface area (Å²) in [5.41, 5.74) is 2.03. The third-order valence-corrected chi connectivity index (χ3v) is 4.18. The van der Waals surface area contributed by atoms with Crippen molar-refractivity contribution >= 4 is 27.5 Å². The van der Waals surface area contributed by atoms with Crippen LogP contribution in [0.1, 0.15) is 31.7 Å². The van der Waals surface area contributed by atoms with Crippen molar-refractivity contribution < 1.29 is 4.79 Å². The highest BCUT2D eigenvalue weighted by molar-refractivity contribution is 9.10. The first-order valence-corrected chi connectivity index (χ1v) is 8.16. The van der Waals surface area contributed by atoms with Crippen LogP contribution in [0.15, 0.2) is 22.7 Å². The average Bonchev–Trinajstić information content (AvgIpc) is 3.17. The van der Waals surface area contributed by atoms with E-state index >= 15 is 0 Å². The number of halogens is 1. The standard InChI is InChI=1S/C16H23BrN2O/c1-3-8-19(10-13-5-6-13)11-16(20)18-15-7-4-12(2)9-14(15)17/h4,7,9,13H,3,5-6,8,10-11H2,1-2H3,(H,18,20). The first-order chi connectivity index (χ1) is 9.58. The zero-order chi connectivity index (χ0) is 14.5. The fraction of sp³-hybridized carbons (Fsp3) is 0.562. The van der Waals surface area contributed by atoms with Gasteiger partial charge in [0, 0.05) is 11.0 Å². The summed E-state index contributed by atoms with van der Waals surface area (Å²) >= 11 is 3.49. The highest BCUT2D eigenvalue weighted by atomic mass is 79.9. The van der Waals surface area contributed by atoms with Crippen LogP contribution >= 0.6 is 15.9 Å². The van der Waals surface area contributed by atoms with Crippen molar-refractivity contribution in [1.29, 1.82) is 0 Å². The molecule has 0 heterocycles. The van der Waals surface area contributed by atoms with Crippen molar-refractivity contribution in [2.24, 2.45) is 5.92 Å². The SMILES string of the molecule is CCCN(CC(=O)Nc1ccc(C)cc1Br)CC1CC1. The Morgan fingerprint density at radius 2 is 2.20 bits per heavy atom. The summed E-state index contributed by atoms with van der Waals surface area (Å²) in [5, 5.41) is 2.99. The zero-order valence-corrected chi connectivity index (χ0v) is 13.9. The van der Waals surface area contributed by atoms with Gasteiger partial charge in [0.2, 0.25) is 5.91 Å². The topological polar surface area (TPSA) is 32.3 Å². The molecule has 4 heteroatoms. The lowest BCUT2D eigenvalue weighted by Gasteiger charge is -2.21. The van der Waals surface area contributed by atoms with E-state index in [4.69, 9.17) is 0 Å². The smallest absolute Gasteiger partial charge is 0.238 e. The molecule has 0 radical (unpaired) electrons. The summed E-state index contributed by atoms with van der Waals surface area (Å²) in [5.74, 6) is 0.893. The number of carbonyl (C=O) groups excluding carboxylic acids is 1. The van der Waals surface area contributed by atoms with Crippen LogP contribution in [0.4, 0.5) is 5.69 Å². The van der Waals surface area contributed by atoms with E-state index in [-0.39, 0.29) is 5.91 Å². The molecule has 0 unspecified atom stereocenters. The van der Waals surface area contributed by atoms with Gasteiger partial charge in [-0.1, -0.05) is 13.0 Å². The molecule has 1 aromatic rings. The molecule has 1 saturated carbocycles. The normalized spacial score (nSPS) is 14.6. The predicted molar refractivity (Wildman–Crippen MR) is 87.0 cm³/mol. The van der Waals surface area contributed by atoms with Crippen LogP contribution in [0.25, 0.3) is 0 Å². The summed E-state index contributed by atoms with van der Waals surface area (Å²) in [6.07, 6.45) is 3.74. The van der Waals surface area contributed by atoms with Crippen molar-refractivity contribution in [2.45, 2.75) is 33.1 Å². The van der Waals surface area contributed by atoms with Crippen LogP contribution < -0.4 is 5.32 Å². The molecule has 1 aromatic carbocycles. The Bertz CT molecular complexity index is 472. The number of anilines is 1. The van der Waals surface area contributed by atoms with Gasteiger partial charge >= 0.3 is 0 Å². The van der Waals surface area contributed by atoms with Gasteiger partial charge in [-0.05, 0) is 72.3 Å². The minimum absolute atomic E-state index is 0.0728. The fourth-order valence-electron chi connectivity index (χ4n) is 2.33. The number of hydrogen-bond donors (Lipinski definition) is 1. The van der Waals surface area contributed by atoms with Crippen LogP contribution in [0.3, 0.4) is 0 Å². The Morgan fingerprint density at radius 3 is 2.80 bits per heavy atom. The third kappa shape index (κ3) is 4.91. The number of nitrogens with zero attached hydrogens (tertiary/aromatic N) is 1. The van der Waals surface area contributed by atoms with E-state index in [1.54, 1.807) is 0 Å². The Balaban J connectivity index is 1.89. The second-order valence-electron chi connectivity index (χ2n) is 5.71. The van der Waals surface area contributed by atoms with Gasteiger partial charge in [0.15, 0.2) is 0 Å². The number of benzene rings is 1. The molecule has 1 aliphatic rings. The van der Waals surface area contributed by atoms with Crippen LogP contribution in [0, 0.1) is 12.8 Å². The maximum absolute atomic E-state index is 12.2. The van der Waals surface area contributed by atoms with E-state index in [1.165, 1.54) is 18.4 Å². The van der Waals surface area contributed by atoms with Gasteiger partial charge < -0.3 is 5.32 Å². The van der Waals surface area contributed by atoms with Gasteiger partial charge in [0.25, 0.3) is 0 Å². The molecule has 0 saturated heterocycles. The molecule has 1 fully saturated rings. The van der Waals surface area contributed by atoms with Gasteiger partial charge in [0.1, 0.15) is 0 Å². The Labute approximate surface area is 129 Å². The molecule has 0 aliphatic heterocycles. The van der Waals surface area contributed by atoms with E-state index in [0.29, 0.717) is 6.54 Å². The summed E-state index contributed by atoms with van der Waals surface area (Å²) in [6, 6.07) is 5.97. The zero-order valence-electron chi connectivity index (χ0n) is 12.3. The number of hydrogen-bond acceptors (Lipinski definition) is 2. The summed E-state index contributed by atoms with van der Waals surface area (Å²) in [7, 11) is 0. The second-order valence-corrected chi connectivity index (χ2v) is 6.56. The lowest BCUT2D eigenvalue weighted by molar-refractivity contribution is -0.117. The minimum atomic E-state index is 0.0728. The molecule has 3 nitrogen and oxygen atoms in total. The maximum Gasteiger partial charge on any atom is 0.238 e. The van der Waals surface area contributed by atoms with Gasteiger partial charge in [-0.15, -0.1) is 0 Å². The van der Waals surface area contributed by atoms with Gasteiger partial charge in [-0.3, -0.25) is 9.69 Å². The van der Waals surface area contributed by atoms with E-state index in [0.717, 1.165) is 35.6 Å². The lowest BCUT2D eigenvalue weighted by atomic mass is 10.2. The molecule has 110 valence electrons. The van der Waals surface area contributed by atoms with Crippen molar-refractivity contribution in [1.82, 2.24) is 4.90 Å². The molecule has 1 N–H and O–H groups in total. The first kappa shape index (κ1) is 15.5. The largest absolute Gasteiger partial charge is 0.324 e. The molecule has 0 atom stereocenters. The maximum atomic E-state index is 12.2. The van der Waals surface area contributed by atoms with Gasteiger partial charge in [-0.25, -0.2) is 0 Å². The highest BCUT2D eigenvalue weighted by Gasteiger charge is 2.24. The summed E-state index contributed by atoms with van der Waals surface area (Å²) in [6.45, 7) is 6.75. The minimum Gasteiger partial charge on any atom is -0.324 e. The van der Waals surface area contributed by atoms with Gasteiger partial charge in [-0.2, -0.15) is 0 Å². The summed E-state index contributed by atoms with van der Waals surface area (Å²) in [4.78, 5) is 14.4. The number of nitrogens with one attached hydrogen (secondary N) is 1. The van der Waals surface area contributed by atoms with Gasteiger partial charge in [0.05, 0.1) is 12.2 Å². The number of carbonyl (C=O) groups is 1. The predicted octanol–water partition coefficient (Wildman–Crippen LogP) is 3.82. The molecular formula is C16H23BrN2O. The number of aryl methyl sites for hydroxylation is 1. The van der Waals surface area contributed by atoms with Crippen LogP contribution in [-0.4, -0.2) is 30.4 Å². The number of rotatable bonds is 7. The van der Waals surface area contributed by atoms with E-state index in [2.05, 4.69) is 33.1 Å². The third-order valence-electron chi connectivity index (χ3n) is 3.52.